The number of benzene rings is 3. The Bertz CT molecular complexity index is 3500. The highest BCUT2D eigenvalue weighted by molar-refractivity contribution is 7.93. The number of likely N-dealkylation sites (tertiary alicyclic amines) is 1. The molecule has 1 fully saturated rings. The Hall–Kier alpha value is -6.67. The van der Waals surface area contributed by atoms with Gasteiger partial charge < -0.3 is 34.6 Å². The van der Waals surface area contributed by atoms with Gasteiger partial charge in [-0.15, -0.1) is 22.7 Å². The Morgan fingerprint density at radius 1 is 0.789 bits per heavy atom. The Kier molecular flexibility index (Phi) is 29.2. The van der Waals surface area contributed by atoms with Gasteiger partial charge in [0.15, 0.2) is 11.6 Å². The van der Waals surface area contributed by atoms with Crippen molar-refractivity contribution in [3.8, 4) is 0 Å². The highest BCUT2D eigenvalue weighted by atomic mass is 32.2. The first-order valence-electron chi connectivity index (χ1n) is 29.9. The summed E-state index contributed by atoms with van der Waals surface area (Å²) in [4.78, 5) is 125. The minimum absolute atomic E-state index is 0.0125. The standard InChI is InChI=1S/C55H81N5O12S2.C8H7NO2S2.CO2/c1-13-35(4)49(44(71-10)33-48(64)60-29-21-24-42(60)50(72-11)36(5)51(65)56-41(53(67)68)30-37-22-17-16-18-23-37)58(8)52(66)39(34(2)3)32-46(62)55(6,7)59(9)47(63)26-20-15-14-19-25-43(61)38-27-28-40-45(31-38)73-54(57-40)74(12,69)70;1-13(10,11)8-9-6-4-2-3-5-7(6)12-8;2-1-3/h16-18,22-23,27-28,31,34-36,39,41-42,44,49-50H,13-15,19-21,24-26,29-30,32-33H2,1-12H3,(H,56,65)(H,67,68);2-5H,1H3;/t35-,36+,39-,41-,42-,44+,49-,50+;;/m0../s1. The predicted molar refractivity (Wildman–Crippen MR) is 343 cm³/mol. The fraction of sp³-hybridized carbons (Fsp3) is 0.562. The summed E-state index contributed by atoms with van der Waals surface area (Å²) < 4.78 is 59.9. The number of aliphatic carboxylic acids is 1. The molecule has 0 aliphatic carbocycles. The van der Waals surface area contributed by atoms with E-state index >= 15 is 0 Å². The van der Waals surface area contributed by atoms with Crippen molar-refractivity contribution in [3.63, 3.8) is 0 Å². The molecular weight excluding hydrogens is 1240 g/mol. The van der Waals surface area contributed by atoms with E-state index in [0.717, 1.165) is 33.4 Å². The van der Waals surface area contributed by atoms with Crippen LogP contribution in [0.5, 0.6) is 0 Å². The highest BCUT2D eigenvalue weighted by Crippen LogP contribution is 2.33. The molecule has 1 aliphatic rings. The topological polar surface area (TPSA) is 308 Å². The van der Waals surface area contributed by atoms with E-state index in [4.69, 9.17) is 19.1 Å². The third kappa shape index (κ3) is 20.9. The highest BCUT2D eigenvalue weighted by Gasteiger charge is 2.44. The van der Waals surface area contributed by atoms with Gasteiger partial charge in [0.05, 0.1) is 62.6 Å². The van der Waals surface area contributed by atoms with Crippen LogP contribution in [0.15, 0.2) is 81.5 Å². The van der Waals surface area contributed by atoms with E-state index in [9.17, 15) is 55.5 Å². The number of sulfone groups is 2. The van der Waals surface area contributed by atoms with E-state index in [0.29, 0.717) is 73.7 Å². The number of carbonyl (C=O) groups is 7. The number of ketones is 2. The summed E-state index contributed by atoms with van der Waals surface area (Å²) in [6.45, 7) is 13.2. The minimum atomic E-state index is -3.45. The van der Waals surface area contributed by atoms with Crippen molar-refractivity contribution in [2.45, 2.75) is 170 Å². The number of likely N-dealkylation sites (N-methyl/N-ethyl adjacent to an activating group) is 2. The van der Waals surface area contributed by atoms with E-state index < -0.39 is 79.3 Å². The van der Waals surface area contributed by atoms with E-state index in [1.807, 2.05) is 52.0 Å². The molecule has 6 rings (SSSR count). The van der Waals surface area contributed by atoms with Crippen LogP contribution in [0.3, 0.4) is 0 Å². The van der Waals surface area contributed by atoms with Crippen molar-refractivity contribution in [2.24, 2.45) is 23.7 Å². The Morgan fingerprint density at radius 3 is 1.90 bits per heavy atom. The van der Waals surface area contributed by atoms with Gasteiger partial charge in [0.2, 0.25) is 52.0 Å². The molecule has 26 heteroatoms. The van der Waals surface area contributed by atoms with E-state index in [1.54, 1.807) is 93.2 Å². The number of carboxylic acid groups (broad SMARTS) is 1. The number of fused-ring (bicyclic) bond motifs is 2. The van der Waals surface area contributed by atoms with Crippen LogP contribution in [0, 0.1) is 23.7 Å². The number of Topliss-reactive ketones (excluding diaryl/α,β-unsaturated/α-hetero) is 2. The third-order valence-electron chi connectivity index (χ3n) is 16.7. The number of hydrogen-bond acceptors (Lipinski definition) is 19. The maximum atomic E-state index is 14.7. The number of ether oxygens (including phenoxy) is 2. The van der Waals surface area contributed by atoms with Crippen LogP contribution in [0.1, 0.15) is 135 Å². The molecule has 1 saturated heterocycles. The molecule has 2 N–H and O–H groups in total. The number of hydrogen-bond donors (Lipinski definition) is 2. The zero-order valence-corrected chi connectivity index (χ0v) is 57.0. The van der Waals surface area contributed by atoms with Gasteiger partial charge in [0.1, 0.15) is 6.04 Å². The third-order valence-corrected chi connectivity index (χ3v) is 22.1. The van der Waals surface area contributed by atoms with Crippen LogP contribution in [0.2, 0.25) is 0 Å². The number of carbonyl (C=O) groups excluding carboxylic acids is 8. The van der Waals surface area contributed by atoms with Crippen molar-refractivity contribution in [1.82, 2.24) is 30.0 Å². The van der Waals surface area contributed by atoms with Gasteiger partial charge >= 0.3 is 12.1 Å². The maximum absolute atomic E-state index is 14.7. The zero-order valence-electron chi connectivity index (χ0n) is 53.8. The fourth-order valence-electron chi connectivity index (χ4n) is 10.9. The molecule has 4 amide bonds. The lowest BCUT2D eigenvalue weighted by molar-refractivity contribution is -0.191. The first-order valence-corrected chi connectivity index (χ1v) is 35.4. The average molecular weight is 1330 g/mol. The number of methoxy groups -OCH3 is 2. The molecule has 3 aromatic carbocycles. The van der Waals surface area contributed by atoms with E-state index in [2.05, 4.69) is 15.3 Å². The van der Waals surface area contributed by atoms with Crippen molar-refractivity contribution >= 4 is 110 Å². The Balaban J connectivity index is 0.000000933. The normalized spacial score (nSPS) is 15.8. The molecular formula is C64H88N6O16S4. The van der Waals surface area contributed by atoms with Crippen molar-refractivity contribution in [2.75, 3.05) is 47.4 Å². The summed E-state index contributed by atoms with van der Waals surface area (Å²) in [6, 6.07) is 19.2. The molecule has 3 heterocycles. The molecule has 494 valence electrons. The largest absolute Gasteiger partial charge is 0.480 e. The van der Waals surface area contributed by atoms with Crippen LogP contribution in [-0.4, -0.2) is 177 Å². The minimum Gasteiger partial charge on any atom is -0.480 e. The van der Waals surface area contributed by atoms with E-state index in [-0.39, 0.29) is 81.6 Å². The second-order valence-corrected chi connectivity index (χ2v) is 30.2. The van der Waals surface area contributed by atoms with Gasteiger partial charge in [-0.05, 0) is 87.3 Å². The SMILES string of the molecule is CC[C@H](C)[C@@H]([C@@H](CC(=O)N1CCC[C@H]1[C@H](OC)[C@@H](C)C(=O)N[C@@H](Cc1ccccc1)C(=O)O)OC)N(C)C(=O)[C@@H](CC(=O)C(C)(C)N(C)C(=O)CCCCCCC(=O)c1ccc2nc(S(C)(=O)=O)sc2c1)C(C)C.CS(=O)(=O)c1nc2ccccc2s1.O=C=O. The summed E-state index contributed by atoms with van der Waals surface area (Å²) in [5.41, 5.74) is 1.31. The summed E-state index contributed by atoms with van der Waals surface area (Å²) in [6.07, 6.45) is 5.97. The molecule has 2 aromatic heterocycles. The summed E-state index contributed by atoms with van der Waals surface area (Å²) in [7, 11) is -0.327. The van der Waals surface area contributed by atoms with Gasteiger partial charge in [0, 0.05) is 84.5 Å². The Labute approximate surface area is 536 Å². The predicted octanol–water partition coefficient (Wildman–Crippen LogP) is 8.54. The molecule has 0 saturated carbocycles. The van der Waals surface area contributed by atoms with E-state index in [1.165, 1.54) is 36.7 Å². The van der Waals surface area contributed by atoms with Gasteiger partial charge in [-0.2, -0.15) is 9.59 Å². The number of carboxylic acids is 1. The smallest absolute Gasteiger partial charge is 0.373 e. The Morgan fingerprint density at radius 2 is 1.36 bits per heavy atom. The van der Waals surface area contributed by atoms with Crippen molar-refractivity contribution < 1.29 is 74.6 Å². The van der Waals surface area contributed by atoms with Gasteiger partial charge in [0.25, 0.3) is 0 Å². The molecule has 8 atom stereocenters. The molecule has 22 nitrogen and oxygen atoms in total. The second-order valence-electron chi connectivity index (χ2n) is 23.7. The lowest BCUT2D eigenvalue weighted by Crippen LogP contribution is -2.55. The molecule has 0 bridgehead atoms. The lowest BCUT2D eigenvalue weighted by Gasteiger charge is -2.41. The first-order chi connectivity index (χ1) is 42.3. The van der Waals surface area contributed by atoms with Crippen LogP contribution in [0.4, 0.5) is 0 Å². The van der Waals surface area contributed by atoms with Crippen molar-refractivity contribution in [1.29, 1.82) is 0 Å². The van der Waals surface area contributed by atoms with Crippen LogP contribution < -0.4 is 5.32 Å². The van der Waals surface area contributed by atoms with Gasteiger partial charge in [-0.1, -0.05) is 96.3 Å². The molecule has 1 aliphatic heterocycles. The summed E-state index contributed by atoms with van der Waals surface area (Å²) >= 11 is 2.24. The monoisotopic (exact) mass is 1320 g/mol. The summed E-state index contributed by atoms with van der Waals surface area (Å²) in [5, 5.41) is 12.6. The number of thiazole rings is 2. The number of amides is 4. The molecule has 0 spiro atoms. The molecule has 0 radical (unpaired) electrons. The average Bonchev–Trinajstić information content (AvgIpc) is 1.82. The van der Waals surface area contributed by atoms with Gasteiger partial charge in [-0.3, -0.25) is 28.8 Å². The number of unbranched alkanes of at least 4 members (excludes halogenated alkanes) is 3. The number of rotatable bonds is 31. The van der Waals surface area contributed by atoms with Crippen LogP contribution in [-0.2, 0) is 73.9 Å². The number of nitrogens with zero attached hydrogens (tertiary/aromatic N) is 5. The quantitative estimate of drug-likeness (QED) is 0.0310. The van der Waals surface area contributed by atoms with Crippen LogP contribution in [0.25, 0.3) is 20.4 Å². The zero-order chi connectivity index (χ0) is 67.4. The molecule has 5 aromatic rings. The second kappa shape index (κ2) is 34.7. The molecule has 90 heavy (non-hydrogen) atoms. The molecule has 0 unspecified atom stereocenters. The number of aromatic nitrogens is 2. The summed E-state index contributed by atoms with van der Waals surface area (Å²) in [5.74, 6) is -4.60. The van der Waals surface area contributed by atoms with Crippen LogP contribution >= 0.6 is 22.7 Å². The lowest BCUT2D eigenvalue weighted by atomic mass is 9.82. The van der Waals surface area contributed by atoms with Crippen molar-refractivity contribution in [3.05, 3.63) is 83.9 Å². The van der Waals surface area contributed by atoms with Gasteiger partial charge in [-0.25, -0.2) is 31.6 Å². The number of para-hydroxylation sites is 1. The number of nitrogens with one attached hydrogen (secondary N) is 1. The first kappa shape index (κ1) is 75.8. The fourth-order valence-corrected chi connectivity index (χ4v) is 14.7. The maximum Gasteiger partial charge on any atom is 0.373 e.